The Morgan fingerprint density at radius 3 is 2.56 bits per heavy atom. The second kappa shape index (κ2) is 9.43. The number of aromatic nitrogens is 1. The van der Waals surface area contributed by atoms with E-state index in [0.717, 1.165) is 18.4 Å². The fourth-order valence-corrected chi connectivity index (χ4v) is 3.51. The maximum atomic E-state index is 13.0. The van der Waals surface area contributed by atoms with E-state index in [1.165, 1.54) is 13.2 Å². The van der Waals surface area contributed by atoms with Crippen LogP contribution in [0.4, 0.5) is 24.7 Å². The number of carbonyl (C=O) groups excluding carboxylic acids is 1. The van der Waals surface area contributed by atoms with E-state index in [2.05, 4.69) is 10.3 Å². The molecule has 174 valence electrons. The Bertz CT molecular complexity index is 1250. The molecule has 0 spiro atoms. The van der Waals surface area contributed by atoms with Gasteiger partial charge in [0.15, 0.2) is 12.4 Å². The molecule has 9 heteroatoms. The minimum atomic E-state index is -4.56. The van der Waals surface area contributed by atoms with Crippen molar-refractivity contribution < 1.29 is 27.4 Å². The summed E-state index contributed by atoms with van der Waals surface area (Å²) in [6.45, 7) is -1.51. The van der Waals surface area contributed by atoms with Gasteiger partial charge in [-0.25, -0.2) is 9.78 Å². The third-order valence-corrected chi connectivity index (χ3v) is 5.34. The van der Waals surface area contributed by atoms with E-state index < -0.39 is 18.8 Å². The van der Waals surface area contributed by atoms with E-state index in [0.29, 0.717) is 22.6 Å². The van der Waals surface area contributed by atoms with E-state index in [9.17, 15) is 18.0 Å². The van der Waals surface area contributed by atoms with Crippen molar-refractivity contribution in [3.05, 3.63) is 71.4 Å². The van der Waals surface area contributed by atoms with Gasteiger partial charge in [0.05, 0.1) is 24.4 Å². The SMILES string of the molecule is COC(=O)c1cc(C2CC2)cnc1Nc1cccc(-c2ccc(C#N)cc2)c1OCC(F)(F)F. The Morgan fingerprint density at radius 1 is 1.21 bits per heavy atom. The standard InChI is InChI=1S/C25H20F3N3O3/c1-33-24(32)20-11-18(16-9-10-16)13-30-23(20)31-21-4-2-3-19(22(21)34-14-25(26,27)28)17-7-5-15(12-29)6-8-17/h2-8,11,13,16H,9-10,14H2,1H3,(H,30,31). The molecule has 0 saturated heterocycles. The van der Waals surface area contributed by atoms with Crippen molar-refractivity contribution in [1.29, 1.82) is 5.26 Å². The van der Waals surface area contributed by atoms with Gasteiger partial charge in [0.25, 0.3) is 0 Å². The van der Waals surface area contributed by atoms with Gasteiger partial charge in [-0.3, -0.25) is 0 Å². The van der Waals surface area contributed by atoms with Gasteiger partial charge in [0.2, 0.25) is 0 Å². The van der Waals surface area contributed by atoms with Crippen molar-refractivity contribution in [2.45, 2.75) is 24.9 Å². The molecule has 1 saturated carbocycles. The number of carbonyl (C=O) groups is 1. The highest BCUT2D eigenvalue weighted by Crippen LogP contribution is 2.42. The normalized spacial score (nSPS) is 13.1. The minimum Gasteiger partial charge on any atom is -0.481 e. The molecule has 0 amide bonds. The van der Waals surface area contributed by atoms with Crippen LogP contribution in [0.2, 0.25) is 0 Å². The average Bonchev–Trinajstić information content (AvgIpc) is 3.68. The first-order valence-electron chi connectivity index (χ1n) is 10.5. The van der Waals surface area contributed by atoms with Gasteiger partial charge in [-0.15, -0.1) is 0 Å². The zero-order valence-corrected chi connectivity index (χ0v) is 18.1. The quantitative estimate of drug-likeness (QED) is 0.431. The predicted octanol–water partition coefficient (Wildman–Crippen LogP) is 5.97. The van der Waals surface area contributed by atoms with Gasteiger partial charge in [0.1, 0.15) is 11.4 Å². The molecule has 2 aromatic carbocycles. The fraction of sp³-hybridized carbons (Fsp3) is 0.240. The molecule has 0 atom stereocenters. The highest BCUT2D eigenvalue weighted by molar-refractivity contribution is 5.96. The number of hydrogen-bond donors (Lipinski definition) is 1. The van der Waals surface area contributed by atoms with Crippen LogP contribution in [-0.2, 0) is 4.74 Å². The summed E-state index contributed by atoms with van der Waals surface area (Å²) >= 11 is 0. The molecule has 1 heterocycles. The maximum absolute atomic E-state index is 13.0. The van der Waals surface area contributed by atoms with E-state index in [1.54, 1.807) is 48.7 Å². The van der Waals surface area contributed by atoms with Gasteiger partial charge in [-0.05, 0) is 54.2 Å². The third-order valence-electron chi connectivity index (χ3n) is 5.34. The zero-order valence-electron chi connectivity index (χ0n) is 18.1. The smallest absolute Gasteiger partial charge is 0.422 e. The van der Waals surface area contributed by atoms with Gasteiger partial charge < -0.3 is 14.8 Å². The van der Waals surface area contributed by atoms with Crippen molar-refractivity contribution in [2.24, 2.45) is 0 Å². The van der Waals surface area contributed by atoms with Crippen molar-refractivity contribution in [2.75, 3.05) is 19.0 Å². The van der Waals surface area contributed by atoms with Crippen LogP contribution >= 0.6 is 0 Å². The first-order valence-corrected chi connectivity index (χ1v) is 10.5. The number of pyridine rings is 1. The number of esters is 1. The Labute approximate surface area is 194 Å². The number of anilines is 2. The summed E-state index contributed by atoms with van der Waals surface area (Å²) in [5.74, 6) is -0.188. The largest absolute Gasteiger partial charge is 0.481 e. The molecule has 0 unspecified atom stereocenters. The van der Waals surface area contributed by atoms with Crippen LogP contribution in [0.1, 0.15) is 40.2 Å². The van der Waals surface area contributed by atoms with Crippen molar-refractivity contribution in [3.63, 3.8) is 0 Å². The van der Waals surface area contributed by atoms with Gasteiger partial charge in [0, 0.05) is 11.8 Å². The van der Waals surface area contributed by atoms with E-state index in [1.807, 2.05) is 6.07 Å². The number of alkyl halides is 3. The minimum absolute atomic E-state index is 0.0617. The number of nitriles is 1. The van der Waals surface area contributed by atoms with Crippen LogP contribution < -0.4 is 10.1 Å². The summed E-state index contributed by atoms with van der Waals surface area (Å²) in [7, 11) is 1.25. The molecule has 1 aliphatic carbocycles. The molecule has 1 aliphatic rings. The zero-order chi connectivity index (χ0) is 24.3. The number of para-hydroxylation sites is 1. The van der Waals surface area contributed by atoms with Crippen LogP contribution in [0.5, 0.6) is 5.75 Å². The van der Waals surface area contributed by atoms with Crippen LogP contribution in [0.3, 0.4) is 0 Å². The summed E-state index contributed by atoms with van der Waals surface area (Å²) in [5.41, 5.74) is 2.64. The third kappa shape index (κ3) is 5.29. The summed E-state index contributed by atoms with van der Waals surface area (Å²) < 4.78 is 49.2. The molecule has 1 aromatic heterocycles. The van der Waals surface area contributed by atoms with Crippen LogP contribution in [0, 0.1) is 11.3 Å². The predicted molar refractivity (Wildman–Crippen MR) is 119 cm³/mol. The summed E-state index contributed by atoms with van der Waals surface area (Å²) in [5, 5.41) is 12.0. The molecule has 0 aliphatic heterocycles. The number of methoxy groups -OCH3 is 1. The van der Waals surface area contributed by atoms with E-state index in [-0.39, 0.29) is 22.8 Å². The highest BCUT2D eigenvalue weighted by atomic mass is 19.4. The number of nitrogens with zero attached hydrogens (tertiary/aromatic N) is 2. The molecule has 0 bridgehead atoms. The molecule has 6 nitrogen and oxygen atoms in total. The van der Waals surface area contributed by atoms with Gasteiger partial charge in [-0.1, -0.05) is 24.3 Å². The Kier molecular flexibility index (Phi) is 6.41. The molecule has 34 heavy (non-hydrogen) atoms. The Hall–Kier alpha value is -4.06. The summed E-state index contributed by atoms with van der Waals surface area (Å²) in [6.07, 6.45) is -0.891. The summed E-state index contributed by atoms with van der Waals surface area (Å²) in [4.78, 5) is 16.8. The van der Waals surface area contributed by atoms with Crippen LogP contribution in [0.15, 0.2) is 54.7 Å². The lowest BCUT2D eigenvalue weighted by Gasteiger charge is -2.19. The number of ether oxygens (including phenoxy) is 2. The maximum Gasteiger partial charge on any atom is 0.422 e. The monoisotopic (exact) mass is 467 g/mol. The molecule has 0 radical (unpaired) electrons. The van der Waals surface area contributed by atoms with Crippen molar-refractivity contribution in [3.8, 4) is 22.9 Å². The molecule has 4 rings (SSSR count). The fourth-order valence-electron chi connectivity index (χ4n) is 3.51. The second-order valence-corrected chi connectivity index (χ2v) is 7.83. The van der Waals surface area contributed by atoms with Crippen molar-refractivity contribution in [1.82, 2.24) is 4.98 Å². The van der Waals surface area contributed by atoms with Crippen molar-refractivity contribution >= 4 is 17.5 Å². The first-order chi connectivity index (χ1) is 16.3. The van der Waals surface area contributed by atoms with E-state index in [4.69, 9.17) is 14.7 Å². The molecular weight excluding hydrogens is 447 g/mol. The number of nitrogens with one attached hydrogen (secondary N) is 1. The summed E-state index contributed by atoms with van der Waals surface area (Å²) in [6, 6.07) is 14.9. The molecule has 1 fully saturated rings. The van der Waals surface area contributed by atoms with Crippen LogP contribution in [0.25, 0.3) is 11.1 Å². The molecule has 1 N–H and O–H groups in total. The Morgan fingerprint density at radius 2 is 1.94 bits per heavy atom. The topological polar surface area (TPSA) is 84.2 Å². The lowest BCUT2D eigenvalue weighted by molar-refractivity contribution is -0.153. The number of hydrogen-bond acceptors (Lipinski definition) is 6. The van der Waals surface area contributed by atoms with E-state index >= 15 is 0 Å². The van der Waals surface area contributed by atoms with Crippen LogP contribution in [-0.4, -0.2) is 30.8 Å². The lowest BCUT2D eigenvalue weighted by Crippen LogP contribution is -2.20. The molecule has 3 aromatic rings. The van der Waals surface area contributed by atoms with Gasteiger partial charge >= 0.3 is 12.1 Å². The molecular formula is C25H20F3N3O3. The number of rotatable bonds is 7. The first kappa shape index (κ1) is 23.1. The Balaban J connectivity index is 1.76. The average molecular weight is 467 g/mol. The number of benzene rings is 2. The lowest BCUT2D eigenvalue weighted by atomic mass is 10.0. The van der Waals surface area contributed by atoms with Gasteiger partial charge in [-0.2, -0.15) is 18.4 Å². The second-order valence-electron chi connectivity index (χ2n) is 7.83. The number of halogens is 3. The highest BCUT2D eigenvalue weighted by Gasteiger charge is 2.30.